The van der Waals surface area contributed by atoms with Crippen LogP contribution in [0.4, 0.5) is 4.39 Å². The standard InChI is InChI=1S/C11H10FNO3/c12-7-3-1-2-6(4-7)8-5-13-10(14)9(8)11(15)16/h1-4,8-9H,5H2,(H,13,14)(H,15,16)/t8-,9-/m0/s1. The average Bonchev–Trinajstić information content (AvgIpc) is 2.60. The largest absolute Gasteiger partial charge is 0.481 e. The van der Waals surface area contributed by atoms with Crippen LogP contribution in [0, 0.1) is 11.7 Å². The van der Waals surface area contributed by atoms with E-state index in [1.807, 2.05) is 0 Å². The third-order valence-electron chi connectivity index (χ3n) is 2.72. The third-order valence-corrected chi connectivity index (χ3v) is 2.72. The first-order valence-electron chi connectivity index (χ1n) is 4.85. The minimum Gasteiger partial charge on any atom is -0.481 e. The van der Waals surface area contributed by atoms with Crippen LogP contribution in [0.2, 0.25) is 0 Å². The van der Waals surface area contributed by atoms with Gasteiger partial charge in [0, 0.05) is 12.5 Å². The molecule has 0 bridgehead atoms. The van der Waals surface area contributed by atoms with Crippen LogP contribution in [0.5, 0.6) is 0 Å². The van der Waals surface area contributed by atoms with E-state index in [2.05, 4.69) is 5.32 Å². The molecule has 1 aliphatic rings. The van der Waals surface area contributed by atoms with Crippen molar-refractivity contribution in [3.63, 3.8) is 0 Å². The Morgan fingerprint density at radius 1 is 1.50 bits per heavy atom. The van der Waals surface area contributed by atoms with Gasteiger partial charge >= 0.3 is 5.97 Å². The van der Waals surface area contributed by atoms with Gasteiger partial charge in [0.05, 0.1) is 0 Å². The van der Waals surface area contributed by atoms with Crippen molar-refractivity contribution in [2.75, 3.05) is 6.54 Å². The number of carbonyl (C=O) groups is 2. The van der Waals surface area contributed by atoms with Crippen LogP contribution in [0.1, 0.15) is 11.5 Å². The van der Waals surface area contributed by atoms with Crippen LogP contribution in [-0.4, -0.2) is 23.5 Å². The van der Waals surface area contributed by atoms with E-state index in [-0.39, 0.29) is 6.54 Å². The van der Waals surface area contributed by atoms with E-state index >= 15 is 0 Å². The van der Waals surface area contributed by atoms with Gasteiger partial charge in [-0.05, 0) is 17.7 Å². The lowest BCUT2D eigenvalue weighted by atomic mass is 9.88. The van der Waals surface area contributed by atoms with Crippen LogP contribution in [0.25, 0.3) is 0 Å². The molecule has 1 fully saturated rings. The molecule has 0 aliphatic carbocycles. The first-order valence-corrected chi connectivity index (χ1v) is 4.85. The minimum atomic E-state index is -1.18. The van der Waals surface area contributed by atoms with Crippen molar-refractivity contribution in [3.8, 4) is 0 Å². The quantitative estimate of drug-likeness (QED) is 0.727. The Balaban J connectivity index is 2.34. The predicted molar refractivity (Wildman–Crippen MR) is 53.3 cm³/mol. The van der Waals surface area contributed by atoms with Crippen LogP contribution in [0.15, 0.2) is 24.3 Å². The zero-order valence-electron chi connectivity index (χ0n) is 8.31. The lowest BCUT2D eigenvalue weighted by Crippen LogP contribution is -2.26. The number of carboxylic acid groups (broad SMARTS) is 1. The van der Waals surface area contributed by atoms with Gasteiger partial charge in [0.25, 0.3) is 0 Å². The number of rotatable bonds is 2. The second kappa shape index (κ2) is 3.92. The molecule has 4 nitrogen and oxygen atoms in total. The van der Waals surface area contributed by atoms with Gasteiger partial charge in [0.2, 0.25) is 5.91 Å². The highest BCUT2D eigenvalue weighted by Crippen LogP contribution is 2.29. The van der Waals surface area contributed by atoms with E-state index in [9.17, 15) is 14.0 Å². The maximum absolute atomic E-state index is 13.0. The molecule has 2 atom stereocenters. The molecule has 16 heavy (non-hydrogen) atoms. The molecule has 2 N–H and O–H groups in total. The summed E-state index contributed by atoms with van der Waals surface area (Å²) in [6.45, 7) is 0.235. The van der Waals surface area contributed by atoms with Gasteiger partial charge in [-0.2, -0.15) is 0 Å². The molecule has 0 radical (unpaired) electrons. The summed E-state index contributed by atoms with van der Waals surface area (Å²) < 4.78 is 13.0. The Morgan fingerprint density at radius 2 is 2.25 bits per heavy atom. The molecule has 1 saturated heterocycles. The van der Waals surface area contributed by atoms with Crippen molar-refractivity contribution in [3.05, 3.63) is 35.6 Å². The molecule has 0 saturated carbocycles. The number of hydrogen-bond donors (Lipinski definition) is 2. The summed E-state index contributed by atoms with van der Waals surface area (Å²) in [6, 6.07) is 5.68. The smallest absolute Gasteiger partial charge is 0.316 e. The lowest BCUT2D eigenvalue weighted by Gasteiger charge is -2.12. The average molecular weight is 223 g/mol. The highest BCUT2D eigenvalue weighted by molar-refractivity contribution is 5.99. The van der Waals surface area contributed by atoms with Crippen molar-refractivity contribution in [2.45, 2.75) is 5.92 Å². The van der Waals surface area contributed by atoms with Gasteiger partial charge in [-0.3, -0.25) is 9.59 Å². The molecule has 0 unspecified atom stereocenters. The SMILES string of the molecule is O=C(O)[C@@H]1C(=O)NC[C@H]1c1cccc(F)c1. The summed E-state index contributed by atoms with van der Waals surface area (Å²) in [7, 11) is 0. The second-order valence-corrected chi connectivity index (χ2v) is 3.72. The third kappa shape index (κ3) is 1.76. The number of carboxylic acids is 1. The van der Waals surface area contributed by atoms with E-state index in [1.54, 1.807) is 6.07 Å². The second-order valence-electron chi connectivity index (χ2n) is 3.72. The van der Waals surface area contributed by atoms with Crippen molar-refractivity contribution < 1.29 is 19.1 Å². The first-order chi connectivity index (χ1) is 7.59. The van der Waals surface area contributed by atoms with E-state index in [4.69, 9.17) is 5.11 Å². The number of amides is 1. The number of carbonyl (C=O) groups excluding carboxylic acids is 1. The zero-order valence-corrected chi connectivity index (χ0v) is 8.31. The van der Waals surface area contributed by atoms with Crippen molar-refractivity contribution >= 4 is 11.9 Å². The van der Waals surface area contributed by atoms with Crippen LogP contribution in [0.3, 0.4) is 0 Å². The fraction of sp³-hybridized carbons (Fsp3) is 0.273. The Hall–Kier alpha value is -1.91. The van der Waals surface area contributed by atoms with E-state index in [1.165, 1.54) is 18.2 Å². The van der Waals surface area contributed by atoms with E-state index < -0.39 is 29.5 Å². The van der Waals surface area contributed by atoms with Gasteiger partial charge in [-0.15, -0.1) is 0 Å². The molecule has 1 aromatic rings. The Bertz CT molecular complexity index is 447. The molecular formula is C11H10FNO3. The summed E-state index contributed by atoms with van der Waals surface area (Å²) in [5.41, 5.74) is 0.533. The Morgan fingerprint density at radius 3 is 2.88 bits per heavy atom. The summed E-state index contributed by atoms with van der Waals surface area (Å²) in [5, 5.41) is 11.4. The Kier molecular flexibility index (Phi) is 2.60. The monoisotopic (exact) mass is 223 g/mol. The summed E-state index contributed by atoms with van der Waals surface area (Å²) in [6.07, 6.45) is 0. The van der Waals surface area contributed by atoms with Crippen molar-refractivity contribution in [1.29, 1.82) is 0 Å². The summed E-state index contributed by atoms with van der Waals surface area (Å²) in [5.74, 6) is -3.74. The van der Waals surface area contributed by atoms with Gasteiger partial charge in [0.1, 0.15) is 11.7 Å². The van der Waals surface area contributed by atoms with Gasteiger partial charge in [-0.25, -0.2) is 4.39 Å². The molecule has 1 aliphatic heterocycles. The highest BCUT2D eigenvalue weighted by Gasteiger charge is 2.41. The molecule has 1 amide bonds. The summed E-state index contributed by atoms with van der Waals surface area (Å²) >= 11 is 0. The first kappa shape index (κ1) is 10.6. The molecule has 0 spiro atoms. The zero-order chi connectivity index (χ0) is 11.7. The Labute approximate surface area is 91.1 Å². The van der Waals surface area contributed by atoms with Crippen molar-refractivity contribution in [1.82, 2.24) is 5.32 Å². The number of benzene rings is 1. The fourth-order valence-electron chi connectivity index (χ4n) is 1.95. The maximum Gasteiger partial charge on any atom is 0.316 e. The van der Waals surface area contributed by atoms with Crippen LogP contribution in [-0.2, 0) is 9.59 Å². The molecule has 1 heterocycles. The number of halogens is 1. The number of nitrogens with one attached hydrogen (secondary N) is 1. The highest BCUT2D eigenvalue weighted by atomic mass is 19.1. The number of hydrogen-bond acceptors (Lipinski definition) is 2. The van der Waals surface area contributed by atoms with Gasteiger partial charge < -0.3 is 10.4 Å². The fourth-order valence-corrected chi connectivity index (χ4v) is 1.95. The van der Waals surface area contributed by atoms with Crippen molar-refractivity contribution in [2.24, 2.45) is 5.92 Å². The predicted octanol–water partition coefficient (Wildman–Crippen LogP) is 0.740. The van der Waals surface area contributed by atoms with E-state index in [0.29, 0.717) is 5.56 Å². The minimum absolute atomic E-state index is 0.235. The molecule has 84 valence electrons. The molecule has 1 aromatic carbocycles. The van der Waals surface area contributed by atoms with E-state index in [0.717, 1.165) is 0 Å². The molecule has 5 heteroatoms. The molecule has 2 rings (SSSR count). The van der Waals surface area contributed by atoms with Crippen LogP contribution >= 0.6 is 0 Å². The number of aliphatic carboxylic acids is 1. The molecular weight excluding hydrogens is 213 g/mol. The topological polar surface area (TPSA) is 66.4 Å². The lowest BCUT2D eigenvalue weighted by molar-refractivity contribution is -0.145. The summed E-state index contributed by atoms with van der Waals surface area (Å²) in [4.78, 5) is 22.2. The molecule has 0 aromatic heterocycles. The maximum atomic E-state index is 13.0. The van der Waals surface area contributed by atoms with Gasteiger partial charge in [-0.1, -0.05) is 12.1 Å². The normalized spacial score (nSPS) is 24.2. The van der Waals surface area contributed by atoms with Gasteiger partial charge in [0.15, 0.2) is 0 Å². The van der Waals surface area contributed by atoms with Crippen LogP contribution < -0.4 is 5.32 Å².